The van der Waals surface area contributed by atoms with E-state index in [-0.39, 0.29) is 19.4 Å². The zero-order valence-electron chi connectivity index (χ0n) is 25.6. The molecule has 4 aromatic carbocycles. The first-order chi connectivity index (χ1) is 22.3. The predicted molar refractivity (Wildman–Crippen MR) is 169 cm³/mol. The van der Waals surface area contributed by atoms with Crippen LogP contribution < -0.4 is 10.6 Å². The normalized spacial score (nSPS) is 26.3. The zero-order chi connectivity index (χ0) is 31.7. The van der Waals surface area contributed by atoms with E-state index in [0.29, 0.717) is 18.0 Å². The van der Waals surface area contributed by atoms with Crippen molar-refractivity contribution in [1.29, 1.82) is 0 Å². The minimum Gasteiger partial charge on any atom is -0.444 e. The number of benzene rings is 4. The van der Waals surface area contributed by atoms with Gasteiger partial charge in [0, 0.05) is 11.1 Å². The molecule has 0 radical (unpaired) electrons. The van der Waals surface area contributed by atoms with Gasteiger partial charge in [-0.3, -0.25) is 10.6 Å². The molecular weight excluding hydrogens is 586 g/mol. The lowest BCUT2D eigenvalue weighted by atomic mass is 9.92. The Balaban J connectivity index is 1.11. The van der Waals surface area contributed by atoms with Crippen molar-refractivity contribution in [2.24, 2.45) is 0 Å². The van der Waals surface area contributed by atoms with Crippen LogP contribution in [0.4, 0.5) is 21.0 Å². The average molecular weight is 622 g/mol. The summed E-state index contributed by atoms with van der Waals surface area (Å²) < 4.78 is 30.8. The maximum atomic E-state index is 12.9. The highest BCUT2D eigenvalue weighted by molar-refractivity contribution is 5.86. The van der Waals surface area contributed by atoms with Crippen molar-refractivity contribution in [3.63, 3.8) is 0 Å². The maximum Gasteiger partial charge on any atom is 0.411 e. The van der Waals surface area contributed by atoms with E-state index in [1.165, 1.54) is 0 Å². The van der Waals surface area contributed by atoms with Crippen molar-refractivity contribution >= 4 is 23.6 Å². The Labute approximate surface area is 267 Å². The van der Waals surface area contributed by atoms with Crippen molar-refractivity contribution in [2.75, 3.05) is 17.2 Å². The lowest BCUT2D eigenvalue weighted by Crippen LogP contribution is -2.41. The van der Waals surface area contributed by atoms with Gasteiger partial charge in [-0.05, 0) is 37.1 Å². The highest BCUT2D eigenvalue weighted by Gasteiger charge is 2.68. The van der Waals surface area contributed by atoms with Gasteiger partial charge in [-0.1, -0.05) is 97.1 Å². The number of carbonyl (C=O) groups is 2. The number of nitrogens with one attached hydrogen (secondary N) is 2. The summed E-state index contributed by atoms with van der Waals surface area (Å²) in [6, 6.07) is 34.0. The van der Waals surface area contributed by atoms with Gasteiger partial charge < -0.3 is 23.7 Å². The number of amides is 2. The van der Waals surface area contributed by atoms with E-state index in [2.05, 4.69) is 15.5 Å². The molecular formula is C36H35N3O7. The molecule has 3 aliphatic rings. The van der Waals surface area contributed by atoms with Crippen LogP contribution in [0, 0.1) is 0 Å². The minimum atomic E-state index is -0.981. The van der Waals surface area contributed by atoms with Crippen molar-refractivity contribution in [2.45, 2.75) is 56.9 Å². The van der Waals surface area contributed by atoms with Crippen LogP contribution in [0.5, 0.6) is 0 Å². The fraction of sp³-hybridized carbons (Fsp3) is 0.278. The summed E-state index contributed by atoms with van der Waals surface area (Å²) in [5.41, 5.74) is 2.41. The molecule has 10 nitrogen and oxygen atoms in total. The zero-order valence-corrected chi connectivity index (χ0v) is 25.6. The molecule has 46 heavy (non-hydrogen) atoms. The quantitative estimate of drug-likeness (QED) is 0.224. The molecule has 3 heterocycles. The van der Waals surface area contributed by atoms with Crippen molar-refractivity contribution in [1.82, 2.24) is 4.90 Å². The Hall–Kier alpha value is -4.74. The molecule has 5 atom stereocenters. The van der Waals surface area contributed by atoms with Crippen LogP contribution in [-0.4, -0.2) is 42.4 Å². The number of ether oxygens (including phenoxy) is 5. The lowest BCUT2D eigenvalue weighted by Gasteiger charge is -2.34. The number of carbonyl (C=O) groups excluding carboxylic acids is 2. The van der Waals surface area contributed by atoms with Gasteiger partial charge in [0.1, 0.15) is 43.1 Å². The van der Waals surface area contributed by atoms with Gasteiger partial charge in [-0.15, -0.1) is 0 Å². The number of nitrogens with zero attached hydrogens (tertiary/aromatic N) is 1. The summed E-state index contributed by atoms with van der Waals surface area (Å²) >= 11 is 0. The summed E-state index contributed by atoms with van der Waals surface area (Å²) in [6.45, 7) is 4.54. The maximum absolute atomic E-state index is 12.9. The van der Waals surface area contributed by atoms with E-state index in [1.54, 1.807) is 0 Å². The van der Waals surface area contributed by atoms with E-state index < -0.39 is 35.8 Å². The van der Waals surface area contributed by atoms with Crippen LogP contribution in [0.3, 0.4) is 0 Å². The number of hydrogen-bond donors (Lipinski definition) is 2. The van der Waals surface area contributed by atoms with Crippen molar-refractivity contribution < 1.29 is 33.3 Å². The number of hydrogen-bond acceptors (Lipinski definition) is 8. The van der Waals surface area contributed by atoms with Gasteiger partial charge in [-0.2, -0.15) is 0 Å². The second-order valence-electron chi connectivity index (χ2n) is 11.9. The molecule has 3 aliphatic heterocycles. The van der Waals surface area contributed by atoms with Crippen LogP contribution in [0.1, 0.15) is 36.1 Å². The average Bonchev–Trinajstić information content (AvgIpc) is 3.72. The lowest BCUT2D eigenvalue weighted by molar-refractivity contribution is -0.137. The van der Waals surface area contributed by atoms with E-state index in [4.69, 9.17) is 23.7 Å². The molecule has 7 rings (SSSR count). The summed E-state index contributed by atoms with van der Waals surface area (Å²) in [6.07, 6.45) is -2.59. The number of anilines is 2. The molecule has 236 valence electrons. The summed E-state index contributed by atoms with van der Waals surface area (Å²) in [4.78, 5) is 27.8. The van der Waals surface area contributed by atoms with Gasteiger partial charge in [0.2, 0.25) is 0 Å². The minimum absolute atomic E-state index is 0.148. The van der Waals surface area contributed by atoms with Crippen LogP contribution in [-0.2, 0) is 48.1 Å². The molecule has 0 aliphatic carbocycles. The Kier molecular flexibility index (Phi) is 7.95. The third kappa shape index (κ3) is 5.50. The molecule has 0 bridgehead atoms. The van der Waals surface area contributed by atoms with Crippen LogP contribution in [0.15, 0.2) is 109 Å². The Morgan fingerprint density at radius 2 is 1.13 bits per heavy atom. The second kappa shape index (κ2) is 12.2. The monoisotopic (exact) mass is 621 g/mol. The molecule has 0 aromatic heterocycles. The molecule has 0 spiro atoms. The number of rotatable bonds is 8. The molecule has 3 saturated heterocycles. The molecule has 0 unspecified atom stereocenters. The number of para-hydroxylation sites is 2. The SMILES string of the molecule is C[C@]1(c2ccccc2NC(=O)OCc2ccccc2)O[C@H]2CO[C@@H]3N2[C@H]1O[C@]3(C)c1ccccc1NC(=O)OCc1ccccc1. The fourth-order valence-corrected chi connectivity index (χ4v) is 6.58. The van der Waals surface area contributed by atoms with Gasteiger partial charge >= 0.3 is 12.2 Å². The van der Waals surface area contributed by atoms with Crippen molar-refractivity contribution in [3.8, 4) is 0 Å². The van der Waals surface area contributed by atoms with Crippen LogP contribution >= 0.6 is 0 Å². The smallest absolute Gasteiger partial charge is 0.411 e. The van der Waals surface area contributed by atoms with E-state index >= 15 is 0 Å². The van der Waals surface area contributed by atoms with E-state index in [0.717, 1.165) is 22.3 Å². The van der Waals surface area contributed by atoms with Gasteiger partial charge in [0.05, 0.1) is 18.0 Å². The first-order valence-corrected chi connectivity index (χ1v) is 15.2. The summed E-state index contributed by atoms with van der Waals surface area (Å²) in [7, 11) is 0. The fourth-order valence-electron chi connectivity index (χ4n) is 6.58. The van der Waals surface area contributed by atoms with Gasteiger partial charge in [0.25, 0.3) is 0 Å². The highest BCUT2D eigenvalue weighted by atomic mass is 16.7. The topological polar surface area (TPSA) is 108 Å². The summed E-state index contributed by atoms with van der Waals surface area (Å²) in [5.74, 6) is 0. The molecule has 4 aromatic rings. The Morgan fingerprint density at radius 1 is 0.674 bits per heavy atom. The van der Waals surface area contributed by atoms with Gasteiger partial charge in [0.15, 0.2) is 0 Å². The predicted octanol–water partition coefficient (Wildman–Crippen LogP) is 6.69. The molecule has 0 saturated carbocycles. The van der Waals surface area contributed by atoms with E-state index in [9.17, 15) is 9.59 Å². The molecule has 3 fully saturated rings. The van der Waals surface area contributed by atoms with Crippen molar-refractivity contribution in [3.05, 3.63) is 131 Å². The highest BCUT2D eigenvalue weighted by Crippen LogP contribution is 2.57. The molecule has 2 amide bonds. The van der Waals surface area contributed by atoms with Crippen LogP contribution in [0.2, 0.25) is 0 Å². The molecule has 10 heteroatoms. The van der Waals surface area contributed by atoms with E-state index in [1.807, 2.05) is 123 Å². The first-order valence-electron chi connectivity index (χ1n) is 15.2. The third-order valence-corrected chi connectivity index (χ3v) is 8.77. The first kappa shape index (κ1) is 29.9. The van der Waals surface area contributed by atoms with Gasteiger partial charge in [-0.25, -0.2) is 14.5 Å². The molecule has 2 N–H and O–H groups in total. The Morgan fingerprint density at radius 3 is 1.65 bits per heavy atom. The standard InChI is InChI=1S/C36H35N3O7/c1-35(26-17-9-11-19-28(26)37-33(40)43-21-24-13-5-3-6-14-24)31-39-30(23-42-31)45-36(2,32(39)46-35)27-18-10-12-20-29(27)38-34(41)44-22-25-15-7-4-8-16-25/h3-20,30-32H,21-23H2,1-2H3,(H,37,40)(H,38,41)/t30-,31-,32-,35+,36+/m0/s1. The Bertz CT molecular complexity index is 1620. The second-order valence-corrected chi connectivity index (χ2v) is 11.9. The van der Waals surface area contributed by atoms with Crippen LogP contribution in [0.25, 0.3) is 0 Å². The third-order valence-electron chi connectivity index (χ3n) is 8.77. The summed E-state index contributed by atoms with van der Waals surface area (Å²) in [5, 5.41) is 5.81. The largest absolute Gasteiger partial charge is 0.444 e.